The average molecular weight is 216 g/mol. The molecule has 0 spiro atoms. The summed E-state index contributed by atoms with van der Waals surface area (Å²) in [6, 6.07) is 0. The first-order chi connectivity index (χ1) is 6.33. The Labute approximate surface area is 87.0 Å². The van der Waals surface area contributed by atoms with E-state index in [2.05, 4.69) is 12.6 Å². The van der Waals surface area contributed by atoms with E-state index in [1.165, 1.54) is 10.4 Å². The number of thiophene rings is 1. The van der Waals surface area contributed by atoms with E-state index in [0.29, 0.717) is 6.42 Å². The molecule has 4 heteroatoms. The van der Waals surface area contributed by atoms with Gasteiger partial charge in [0.25, 0.3) is 0 Å². The van der Waals surface area contributed by atoms with Gasteiger partial charge in [0.2, 0.25) is 0 Å². The summed E-state index contributed by atoms with van der Waals surface area (Å²) in [5.74, 6) is 0. The van der Waals surface area contributed by atoms with E-state index >= 15 is 0 Å². The summed E-state index contributed by atoms with van der Waals surface area (Å²) in [7, 11) is 0. The first-order valence-electron chi connectivity index (χ1n) is 4.34. The van der Waals surface area contributed by atoms with Crippen LogP contribution < -0.4 is 0 Å². The maximum absolute atomic E-state index is 8.86. The van der Waals surface area contributed by atoms with E-state index in [1.54, 1.807) is 11.3 Å². The highest BCUT2D eigenvalue weighted by Gasteiger charge is 2.23. The molecule has 2 rings (SSSR count). The molecule has 1 aliphatic heterocycles. The topological polar surface area (TPSA) is 29.5 Å². The van der Waals surface area contributed by atoms with Gasteiger partial charge in [-0.25, -0.2) is 0 Å². The fourth-order valence-corrected chi connectivity index (χ4v) is 3.16. The lowest BCUT2D eigenvalue weighted by molar-refractivity contribution is 0.0277. The van der Waals surface area contributed by atoms with Gasteiger partial charge in [-0.15, -0.1) is 24.0 Å². The monoisotopic (exact) mass is 216 g/mol. The minimum absolute atomic E-state index is 0.0969. The number of hydrogen-bond acceptors (Lipinski definition) is 4. The Kier molecular flexibility index (Phi) is 2.93. The van der Waals surface area contributed by atoms with Gasteiger partial charge in [-0.05, 0) is 12.0 Å². The molecule has 13 heavy (non-hydrogen) atoms. The van der Waals surface area contributed by atoms with Gasteiger partial charge in [0.05, 0.1) is 12.7 Å². The number of ether oxygens (including phenoxy) is 1. The lowest BCUT2D eigenvalue weighted by Crippen LogP contribution is -2.15. The number of thiol groups is 1. The second-order valence-corrected chi connectivity index (χ2v) is 4.48. The van der Waals surface area contributed by atoms with Crippen molar-refractivity contribution in [3.05, 3.63) is 15.8 Å². The van der Waals surface area contributed by atoms with Crippen LogP contribution in [0.4, 0.5) is 0 Å². The molecule has 72 valence electrons. The van der Waals surface area contributed by atoms with Gasteiger partial charge >= 0.3 is 0 Å². The summed E-state index contributed by atoms with van der Waals surface area (Å²) < 4.78 is 5.57. The van der Waals surface area contributed by atoms with Crippen LogP contribution in [0, 0.1) is 0 Å². The Balaban J connectivity index is 2.27. The zero-order valence-electron chi connectivity index (χ0n) is 7.19. The van der Waals surface area contributed by atoms with Crippen molar-refractivity contribution in [2.24, 2.45) is 0 Å². The van der Waals surface area contributed by atoms with Gasteiger partial charge in [-0.2, -0.15) is 0 Å². The van der Waals surface area contributed by atoms with Crippen LogP contribution in [0.15, 0.2) is 10.3 Å². The van der Waals surface area contributed by atoms with Crippen molar-refractivity contribution in [1.29, 1.82) is 0 Å². The molecular formula is C9H12O2S2. The zero-order chi connectivity index (χ0) is 9.26. The molecule has 0 aromatic carbocycles. The molecule has 2 nitrogen and oxygen atoms in total. The predicted molar refractivity (Wildman–Crippen MR) is 55.7 cm³/mol. The number of aliphatic hydroxyl groups excluding tert-OH is 1. The second kappa shape index (κ2) is 4.00. The fourth-order valence-electron chi connectivity index (χ4n) is 1.62. The summed E-state index contributed by atoms with van der Waals surface area (Å²) in [6.45, 7) is 0.936. The molecular weight excluding hydrogens is 204 g/mol. The van der Waals surface area contributed by atoms with Crippen molar-refractivity contribution in [2.75, 3.05) is 13.2 Å². The van der Waals surface area contributed by atoms with Gasteiger partial charge in [-0.3, -0.25) is 0 Å². The molecule has 1 atom stereocenters. The van der Waals surface area contributed by atoms with Crippen LogP contribution in [-0.4, -0.2) is 18.3 Å². The van der Waals surface area contributed by atoms with E-state index in [1.807, 2.05) is 5.38 Å². The van der Waals surface area contributed by atoms with Gasteiger partial charge in [0, 0.05) is 28.2 Å². The largest absolute Gasteiger partial charge is 0.396 e. The van der Waals surface area contributed by atoms with Gasteiger partial charge in [0.15, 0.2) is 0 Å². The Morgan fingerprint density at radius 1 is 1.69 bits per heavy atom. The molecule has 1 N–H and O–H groups in total. The third kappa shape index (κ3) is 1.76. The summed E-state index contributed by atoms with van der Waals surface area (Å²) in [5, 5.41) is 10.9. The van der Waals surface area contributed by atoms with Gasteiger partial charge < -0.3 is 9.84 Å². The van der Waals surface area contributed by atoms with Gasteiger partial charge in [0.1, 0.15) is 0 Å². The molecule has 0 bridgehead atoms. The van der Waals surface area contributed by atoms with Gasteiger partial charge in [-0.1, -0.05) is 0 Å². The number of aliphatic hydroxyl groups is 1. The summed E-state index contributed by atoms with van der Waals surface area (Å²) in [4.78, 5) is 2.33. The molecule has 0 amide bonds. The molecule has 0 aliphatic carbocycles. The quantitative estimate of drug-likeness (QED) is 0.741. The van der Waals surface area contributed by atoms with Crippen LogP contribution in [0.5, 0.6) is 0 Å². The first kappa shape index (κ1) is 9.52. The Bertz CT molecular complexity index is 296. The molecule has 0 saturated carbocycles. The maximum Gasteiger partial charge on any atom is 0.0941 e. The SMILES string of the molecule is OCCC1OCCc2c(S)csc21. The minimum atomic E-state index is 0.0969. The molecule has 0 saturated heterocycles. The fraction of sp³-hybridized carbons (Fsp3) is 0.556. The molecule has 0 fully saturated rings. The van der Waals surface area contributed by atoms with Crippen LogP contribution >= 0.6 is 24.0 Å². The summed E-state index contributed by atoms with van der Waals surface area (Å²) in [5.41, 5.74) is 1.32. The van der Waals surface area contributed by atoms with E-state index in [4.69, 9.17) is 9.84 Å². The molecule has 1 aromatic heterocycles. The maximum atomic E-state index is 8.86. The van der Waals surface area contributed by atoms with Crippen LogP contribution in [0.2, 0.25) is 0 Å². The molecule has 1 aromatic rings. The van der Waals surface area contributed by atoms with Crippen molar-refractivity contribution in [3.8, 4) is 0 Å². The van der Waals surface area contributed by atoms with Crippen molar-refractivity contribution < 1.29 is 9.84 Å². The normalized spacial score (nSPS) is 21.5. The molecule has 2 heterocycles. The van der Waals surface area contributed by atoms with Crippen LogP contribution in [0.25, 0.3) is 0 Å². The summed E-state index contributed by atoms with van der Waals surface area (Å²) >= 11 is 6.08. The highest BCUT2D eigenvalue weighted by atomic mass is 32.1. The van der Waals surface area contributed by atoms with Crippen LogP contribution in [0.1, 0.15) is 23.0 Å². The molecule has 1 unspecified atom stereocenters. The van der Waals surface area contributed by atoms with Crippen molar-refractivity contribution in [1.82, 2.24) is 0 Å². The number of rotatable bonds is 2. The third-order valence-electron chi connectivity index (χ3n) is 2.26. The highest BCUT2D eigenvalue weighted by molar-refractivity contribution is 7.80. The lowest BCUT2D eigenvalue weighted by Gasteiger charge is -2.22. The lowest BCUT2D eigenvalue weighted by atomic mass is 10.1. The average Bonchev–Trinajstić information content (AvgIpc) is 2.50. The second-order valence-electron chi connectivity index (χ2n) is 3.09. The van der Waals surface area contributed by atoms with E-state index in [9.17, 15) is 0 Å². The number of hydrogen-bond donors (Lipinski definition) is 2. The molecule has 0 radical (unpaired) electrons. The van der Waals surface area contributed by atoms with E-state index < -0.39 is 0 Å². The van der Waals surface area contributed by atoms with Crippen molar-refractivity contribution in [2.45, 2.75) is 23.8 Å². The standard InChI is InChI=1S/C9H12O2S2/c10-3-1-7-9-6(2-4-11-7)8(12)5-13-9/h5,7,10,12H,1-4H2. The Hall–Kier alpha value is -0.0300. The van der Waals surface area contributed by atoms with Crippen molar-refractivity contribution >= 4 is 24.0 Å². The number of fused-ring (bicyclic) bond motifs is 1. The third-order valence-corrected chi connectivity index (χ3v) is 3.95. The van der Waals surface area contributed by atoms with E-state index in [-0.39, 0.29) is 12.7 Å². The van der Waals surface area contributed by atoms with E-state index in [0.717, 1.165) is 17.9 Å². The zero-order valence-corrected chi connectivity index (χ0v) is 8.90. The van der Waals surface area contributed by atoms with Crippen LogP contribution in [0.3, 0.4) is 0 Å². The Morgan fingerprint density at radius 3 is 3.31 bits per heavy atom. The minimum Gasteiger partial charge on any atom is -0.396 e. The molecule has 1 aliphatic rings. The highest BCUT2D eigenvalue weighted by Crippen LogP contribution is 2.37. The first-order valence-corrected chi connectivity index (χ1v) is 5.67. The summed E-state index contributed by atoms with van der Waals surface area (Å²) in [6.07, 6.45) is 1.75. The van der Waals surface area contributed by atoms with Crippen LogP contribution in [-0.2, 0) is 11.2 Å². The predicted octanol–water partition coefficient (Wildman–Crippen LogP) is 2.03. The van der Waals surface area contributed by atoms with Crippen molar-refractivity contribution in [3.63, 3.8) is 0 Å². The smallest absolute Gasteiger partial charge is 0.0941 e. The Morgan fingerprint density at radius 2 is 2.54 bits per heavy atom.